The van der Waals surface area contributed by atoms with E-state index in [0.29, 0.717) is 12.2 Å². The van der Waals surface area contributed by atoms with E-state index in [1.54, 1.807) is 6.07 Å². The number of ether oxygens (including phenoxy) is 1. The summed E-state index contributed by atoms with van der Waals surface area (Å²) in [6.07, 6.45) is 0.836. The van der Waals surface area contributed by atoms with E-state index in [2.05, 4.69) is 0 Å². The lowest BCUT2D eigenvalue weighted by atomic mass is 10.1. The van der Waals surface area contributed by atoms with Gasteiger partial charge in [0.25, 0.3) is 0 Å². The first-order valence-corrected chi connectivity index (χ1v) is 5.51. The molecule has 0 heterocycles. The van der Waals surface area contributed by atoms with Gasteiger partial charge in [0.05, 0.1) is 0 Å². The summed E-state index contributed by atoms with van der Waals surface area (Å²) in [4.78, 5) is 10.7. The van der Waals surface area contributed by atoms with Crippen molar-refractivity contribution in [2.75, 3.05) is 0 Å². The van der Waals surface area contributed by atoms with Crippen LogP contribution in [-0.2, 0) is 6.61 Å². The third kappa shape index (κ3) is 3.18. The van der Waals surface area contributed by atoms with E-state index in [9.17, 15) is 4.79 Å². The van der Waals surface area contributed by atoms with Crippen molar-refractivity contribution < 1.29 is 9.53 Å². The Morgan fingerprint density at radius 3 is 2.59 bits per heavy atom. The first-order chi connectivity index (χ1) is 8.28. The van der Waals surface area contributed by atoms with Crippen LogP contribution in [0.3, 0.4) is 0 Å². The van der Waals surface area contributed by atoms with Gasteiger partial charge < -0.3 is 4.74 Å². The van der Waals surface area contributed by atoms with Crippen LogP contribution >= 0.6 is 0 Å². The monoisotopic (exact) mass is 226 g/mol. The van der Waals surface area contributed by atoms with Crippen molar-refractivity contribution in [3.63, 3.8) is 0 Å². The summed E-state index contributed by atoms with van der Waals surface area (Å²) in [6, 6.07) is 15.5. The smallest absolute Gasteiger partial charge is 0.150 e. The topological polar surface area (TPSA) is 26.3 Å². The van der Waals surface area contributed by atoms with Gasteiger partial charge in [0, 0.05) is 5.56 Å². The molecule has 17 heavy (non-hydrogen) atoms. The van der Waals surface area contributed by atoms with Crippen LogP contribution in [0.5, 0.6) is 5.75 Å². The normalized spacial score (nSPS) is 9.94. The van der Waals surface area contributed by atoms with Crippen LogP contribution in [0.15, 0.2) is 48.5 Å². The van der Waals surface area contributed by atoms with Gasteiger partial charge in [0.2, 0.25) is 0 Å². The van der Waals surface area contributed by atoms with Gasteiger partial charge in [-0.2, -0.15) is 0 Å². The van der Waals surface area contributed by atoms with E-state index in [1.165, 1.54) is 0 Å². The van der Waals surface area contributed by atoms with Crippen molar-refractivity contribution in [2.24, 2.45) is 0 Å². The summed E-state index contributed by atoms with van der Waals surface area (Å²) in [7, 11) is 0. The highest BCUT2D eigenvalue weighted by atomic mass is 16.5. The molecule has 0 aromatic heterocycles. The zero-order chi connectivity index (χ0) is 12.1. The number of hydrogen-bond donors (Lipinski definition) is 0. The SMILES string of the molecule is Cc1cc(C=O)cc(OCc2ccccc2)c1. The zero-order valence-corrected chi connectivity index (χ0v) is 9.72. The number of aldehydes is 1. The largest absolute Gasteiger partial charge is 0.489 e. The van der Waals surface area contributed by atoms with Crippen molar-refractivity contribution in [1.82, 2.24) is 0 Å². The average Bonchev–Trinajstić information content (AvgIpc) is 2.37. The molecule has 0 N–H and O–H groups in total. The molecule has 0 spiro atoms. The minimum atomic E-state index is 0.516. The van der Waals surface area contributed by atoms with E-state index in [1.807, 2.05) is 49.4 Å². The molecule has 0 saturated heterocycles. The van der Waals surface area contributed by atoms with Crippen LogP contribution in [-0.4, -0.2) is 6.29 Å². The fourth-order valence-electron chi connectivity index (χ4n) is 1.67. The lowest BCUT2D eigenvalue weighted by Crippen LogP contribution is -1.96. The highest BCUT2D eigenvalue weighted by Crippen LogP contribution is 2.17. The molecule has 0 aliphatic rings. The first-order valence-electron chi connectivity index (χ1n) is 5.51. The van der Waals surface area contributed by atoms with Crippen molar-refractivity contribution in [3.8, 4) is 5.75 Å². The van der Waals surface area contributed by atoms with E-state index < -0.39 is 0 Å². The minimum Gasteiger partial charge on any atom is -0.489 e. The van der Waals surface area contributed by atoms with Gasteiger partial charge in [-0.3, -0.25) is 4.79 Å². The molecule has 0 bridgehead atoms. The lowest BCUT2D eigenvalue weighted by molar-refractivity contribution is 0.112. The van der Waals surface area contributed by atoms with Crippen molar-refractivity contribution in [3.05, 3.63) is 65.2 Å². The van der Waals surface area contributed by atoms with Gasteiger partial charge in [-0.15, -0.1) is 0 Å². The van der Waals surface area contributed by atoms with Crippen LogP contribution in [0, 0.1) is 6.92 Å². The maximum Gasteiger partial charge on any atom is 0.150 e. The standard InChI is InChI=1S/C15H14O2/c1-12-7-14(10-16)9-15(8-12)17-11-13-5-3-2-4-6-13/h2-10H,11H2,1H3. The number of aryl methyl sites for hydroxylation is 1. The number of carbonyl (C=O) groups excluding carboxylic acids is 1. The van der Waals surface area contributed by atoms with E-state index in [4.69, 9.17) is 4.74 Å². The summed E-state index contributed by atoms with van der Waals surface area (Å²) in [5.74, 6) is 0.732. The second kappa shape index (κ2) is 5.30. The van der Waals surface area contributed by atoms with Crippen LogP contribution in [0.1, 0.15) is 21.5 Å². The Hall–Kier alpha value is -2.09. The summed E-state index contributed by atoms with van der Waals surface area (Å²) in [5.41, 5.74) is 2.78. The van der Waals surface area contributed by atoms with E-state index in [0.717, 1.165) is 23.2 Å². The Morgan fingerprint density at radius 2 is 1.88 bits per heavy atom. The molecular weight excluding hydrogens is 212 g/mol. The molecule has 0 unspecified atom stereocenters. The molecule has 0 fully saturated rings. The lowest BCUT2D eigenvalue weighted by Gasteiger charge is -2.07. The fraction of sp³-hybridized carbons (Fsp3) is 0.133. The van der Waals surface area contributed by atoms with Crippen LogP contribution in [0.25, 0.3) is 0 Å². The van der Waals surface area contributed by atoms with Gasteiger partial charge in [0.15, 0.2) is 0 Å². The minimum absolute atomic E-state index is 0.516. The number of rotatable bonds is 4. The summed E-state index contributed by atoms with van der Waals surface area (Å²) < 4.78 is 5.66. The molecule has 0 aliphatic carbocycles. The molecule has 2 aromatic rings. The van der Waals surface area contributed by atoms with Gasteiger partial charge in [-0.1, -0.05) is 30.3 Å². The molecule has 0 amide bonds. The second-order valence-corrected chi connectivity index (χ2v) is 3.97. The quantitative estimate of drug-likeness (QED) is 0.747. The molecule has 86 valence electrons. The van der Waals surface area contributed by atoms with Crippen LogP contribution < -0.4 is 4.74 Å². The van der Waals surface area contributed by atoms with Gasteiger partial charge >= 0.3 is 0 Å². The molecule has 2 nitrogen and oxygen atoms in total. The Kier molecular flexibility index (Phi) is 3.55. The highest BCUT2D eigenvalue weighted by molar-refractivity contribution is 5.76. The fourth-order valence-corrected chi connectivity index (χ4v) is 1.67. The highest BCUT2D eigenvalue weighted by Gasteiger charge is 1.99. The predicted octanol–water partition coefficient (Wildman–Crippen LogP) is 3.39. The number of hydrogen-bond acceptors (Lipinski definition) is 2. The molecule has 2 heteroatoms. The summed E-state index contributed by atoms with van der Waals surface area (Å²) in [6.45, 7) is 2.46. The molecule has 0 atom stereocenters. The Bertz CT molecular complexity index is 504. The molecule has 0 saturated carbocycles. The summed E-state index contributed by atoms with van der Waals surface area (Å²) in [5, 5.41) is 0. The molecule has 2 rings (SSSR count). The van der Waals surface area contributed by atoms with Crippen molar-refractivity contribution in [2.45, 2.75) is 13.5 Å². The van der Waals surface area contributed by atoms with E-state index in [-0.39, 0.29) is 0 Å². The number of benzene rings is 2. The maximum atomic E-state index is 10.7. The van der Waals surface area contributed by atoms with Crippen molar-refractivity contribution >= 4 is 6.29 Å². The molecular formula is C15H14O2. The zero-order valence-electron chi connectivity index (χ0n) is 9.72. The van der Waals surface area contributed by atoms with E-state index >= 15 is 0 Å². The van der Waals surface area contributed by atoms with Crippen LogP contribution in [0.4, 0.5) is 0 Å². The average molecular weight is 226 g/mol. The van der Waals surface area contributed by atoms with Gasteiger partial charge in [-0.25, -0.2) is 0 Å². The molecule has 0 radical (unpaired) electrons. The van der Waals surface area contributed by atoms with Crippen molar-refractivity contribution in [1.29, 1.82) is 0 Å². The molecule has 2 aromatic carbocycles. The van der Waals surface area contributed by atoms with Crippen LogP contribution in [0.2, 0.25) is 0 Å². The third-order valence-corrected chi connectivity index (χ3v) is 2.46. The maximum absolute atomic E-state index is 10.7. The van der Waals surface area contributed by atoms with Gasteiger partial charge in [-0.05, 0) is 36.2 Å². The predicted molar refractivity (Wildman–Crippen MR) is 67.3 cm³/mol. The Labute approximate surface area is 101 Å². The first kappa shape index (κ1) is 11.4. The Morgan fingerprint density at radius 1 is 1.12 bits per heavy atom. The Balaban J connectivity index is 2.09. The van der Waals surface area contributed by atoms with Gasteiger partial charge in [0.1, 0.15) is 18.6 Å². The second-order valence-electron chi connectivity index (χ2n) is 3.97. The summed E-state index contributed by atoms with van der Waals surface area (Å²) >= 11 is 0. The third-order valence-electron chi connectivity index (χ3n) is 2.46. The number of carbonyl (C=O) groups is 1. The molecule has 0 aliphatic heterocycles.